The van der Waals surface area contributed by atoms with E-state index in [1.54, 1.807) is 7.05 Å². The average Bonchev–Trinajstić information content (AvgIpc) is 3.12. The quantitative estimate of drug-likeness (QED) is 0.221. The molecule has 4 rings (SSSR count). The molecule has 3 aromatic rings. The van der Waals surface area contributed by atoms with E-state index in [0.717, 1.165) is 23.6 Å². The summed E-state index contributed by atoms with van der Waals surface area (Å²) in [6.45, 7) is 4.36. The number of guanidine groups is 1. The Bertz CT molecular complexity index is 1330. The van der Waals surface area contributed by atoms with Crippen LogP contribution in [0.3, 0.4) is 0 Å². The van der Waals surface area contributed by atoms with Crippen LogP contribution >= 0.6 is 11.6 Å². The Morgan fingerprint density at radius 3 is 2.62 bits per heavy atom. The molecule has 1 aliphatic heterocycles. The second-order valence-corrected chi connectivity index (χ2v) is 10.7. The Morgan fingerprint density at radius 1 is 1.12 bits per heavy atom. The first-order valence-corrected chi connectivity index (χ1v) is 14.3. The number of halogens is 1. The number of hydrogen-bond acceptors (Lipinski definition) is 4. The number of carbonyl (C=O) groups excluding carboxylic acids is 2. The number of benzene rings is 3. The van der Waals surface area contributed by atoms with E-state index in [4.69, 9.17) is 17.3 Å². The molecule has 3 atom stereocenters. The maximum Gasteiger partial charge on any atom is 0.251 e. The van der Waals surface area contributed by atoms with Gasteiger partial charge >= 0.3 is 0 Å². The molecule has 9 heteroatoms. The van der Waals surface area contributed by atoms with Gasteiger partial charge in [0.05, 0.1) is 6.04 Å². The maximum atomic E-state index is 13.7. The lowest BCUT2D eigenvalue weighted by atomic mass is 9.95. The van der Waals surface area contributed by atoms with Gasteiger partial charge < -0.3 is 26.6 Å². The number of amides is 2. The highest BCUT2D eigenvalue weighted by molar-refractivity contribution is 6.31. The van der Waals surface area contributed by atoms with Crippen molar-refractivity contribution in [1.82, 2.24) is 20.9 Å². The van der Waals surface area contributed by atoms with Gasteiger partial charge in [-0.2, -0.15) is 0 Å². The predicted octanol–water partition coefficient (Wildman–Crippen LogP) is 3.90. The summed E-state index contributed by atoms with van der Waals surface area (Å²) in [6, 6.07) is 21.1. The van der Waals surface area contributed by atoms with Crippen LogP contribution in [0.25, 0.3) is 10.8 Å². The number of nitrogens with zero attached hydrogens (tertiary/aromatic N) is 2. The van der Waals surface area contributed by atoms with Crippen molar-refractivity contribution in [2.45, 2.75) is 44.2 Å². The fourth-order valence-corrected chi connectivity index (χ4v) is 5.37. The smallest absolute Gasteiger partial charge is 0.251 e. The van der Waals surface area contributed by atoms with Gasteiger partial charge in [-0.05, 0) is 59.9 Å². The van der Waals surface area contributed by atoms with Crippen LogP contribution in [0.15, 0.2) is 71.7 Å². The molecule has 0 unspecified atom stereocenters. The van der Waals surface area contributed by atoms with Gasteiger partial charge in [-0.25, -0.2) is 0 Å². The summed E-state index contributed by atoms with van der Waals surface area (Å²) < 4.78 is 0. The Labute approximate surface area is 241 Å². The highest BCUT2D eigenvalue weighted by Gasteiger charge is 2.32. The molecular formula is C31H39ClN6O2. The van der Waals surface area contributed by atoms with Crippen molar-refractivity contribution in [1.29, 1.82) is 0 Å². The Balaban J connectivity index is 1.44. The lowest BCUT2D eigenvalue weighted by molar-refractivity contribution is -0.133. The number of nitrogens with one attached hydrogen (secondary N) is 3. The molecule has 0 bridgehead atoms. The number of hydrogen-bond donors (Lipinski definition) is 4. The van der Waals surface area contributed by atoms with Gasteiger partial charge in [-0.1, -0.05) is 61.0 Å². The first-order chi connectivity index (χ1) is 19.4. The van der Waals surface area contributed by atoms with Crippen LogP contribution in [0.2, 0.25) is 5.02 Å². The van der Waals surface area contributed by atoms with Crippen molar-refractivity contribution in [2.75, 3.05) is 33.2 Å². The summed E-state index contributed by atoms with van der Waals surface area (Å²) >= 11 is 6.09. The van der Waals surface area contributed by atoms with Gasteiger partial charge in [0.2, 0.25) is 5.91 Å². The Hall–Kier alpha value is -3.62. The molecule has 1 heterocycles. The number of nitrogens with two attached hydrogens (primary N) is 1. The van der Waals surface area contributed by atoms with Crippen molar-refractivity contribution >= 4 is 40.1 Å². The van der Waals surface area contributed by atoms with Gasteiger partial charge in [-0.3, -0.25) is 14.6 Å². The van der Waals surface area contributed by atoms with Crippen LogP contribution in [0.4, 0.5) is 0 Å². The SMILES string of the molecule is CC[C@H](CN1CC[C@H](CNC(=O)c2ccc3cc(Cl)ccc3c2)N[C@H](CCNC(N)=NC)C1=O)c1ccccc1. The Kier molecular flexibility index (Phi) is 10.4. The molecule has 0 radical (unpaired) electrons. The molecule has 1 saturated heterocycles. The fourth-order valence-electron chi connectivity index (χ4n) is 5.19. The largest absolute Gasteiger partial charge is 0.370 e. The zero-order valence-electron chi connectivity index (χ0n) is 23.2. The van der Waals surface area contributed by atoms with Gasteiger partial charge in [0.25, 0.3) is 5.91 Å². The third-order valence-electron chi connectivity index (χ3n) is 7.55. The van der Waals surface area contributed by atoms with E-state index in [1.807, 2.05) is 59.5 Å². The molecule has 2 amide bonds. The monoisotopic (exact) mass is 562 g/mol. The van der Waals surface area contributed by atoms with Gasteiger partial charge in [0, 0.05) is 55.8 Å². The lowest BCUT2D eigenvalue weighted by Crippen LogP contribution is -2.50. The summed E-state index contributed by atoms with van der Waals surface area (Å²) in [5.41, 5.74) is 7.63. The molecule has 0 aromatic heterocycles. The van der Waals surface area contributed by atoms with E-state index in [9.17, 15) is 9.59 Å². The molecule has 0 aliphatic carbocycles. The molecule has 0 saturated carbocycles. The summed E-state index contributed by atoms with van der Waals surface area (Å²) in [5.74, 6) is 0.525. The average molecular weight is 563 g/mol. The lowest BCUT2D eigenvalue weighted by Gasteiger charge is -2.28. The summed E-state index contributed by atoms with van der Waals surface area (Å²) in [6.07, 6.45) is 2.22. The van der Waals surface area contributed by atoms with Crippen LogP contribution in [-0.4, -0.2) is 68.0 Å². The summed E-state index contributed by atoms with van der Waals surface area (Å²) in [7, 11) is 1.62. The van der Waals surface area contributed by atoms with Crippen molar-refractivity contribution in [2.24, 2.45) is 10.7 Å². The molecule has 0 spiro atoms. The minimum Gasteiger partial charge on any atom is -0.370 e. The predicted molar refractivity (Wildman–Crippen MR) is 163 cm³/mol. The maximum absolute atomic E-state index is 13.7. The molecule has 212 valence electrons. The number of fused-ring (bicyclic) bond motifs is 1. The summed E-state index contributed by atoms with van der Waals surface area (Å²) in [4.78, 5) is 32.7. The van der Waals surface area contributed by atoms with E-state index in [-0.39, 0.29) is 23.8 Å². The van der Waals surface area contributed by atoms with Crippen LogP contribution in [0, 0.1) is 0 Å². The molecule has 1 aliphatic rings. The number of rotatable bonds is 10. The minimum absolute atomic E-state index is 0.0591. The van der Waals surface area contributed by atoms with Crippen molar-refractivity contribution in [3.63, 3.8) is 0 Å². The highest BCUT2D eigenvalue weighted by atomic mass is 35.5. The first-order valence-electron chi connectivity index (χ1n) is 13.9. The van der Waals surface area contributed by atoms with Crippen LogP contribution < -0.4 is 21.7 Å². The zero-order valence-corrected chi connectivity index (χ0v) is 24.0. The fraction of sp³-hybridized carbons (Fsp3) is 0.387. The number of carbonyl (C=O) groups is 2. The number of aliphatic imine (C=N–C) groups is 1. The van der Waals surface area contributed by atoms with Crippen LogP contribution in [0.1, 0.15) is 48.0 Å². The molecule has 40 heavy (non-hydrogen) atoms. The molecule has 8 nitrogen and oxygen atoms in total. The second kappa shape index (κ2) is 14.1. The third-order valence-corrected chi connectivity index (χ3v) is 7.79. The van der Waals surface area contributed by atoms with E-state index >= 15 is 0 Å². The zero-order chi connectivity index (χ0) is 28.5. The normalized spacial score (nSPS) is 18.8. The minimum atomic E-state index is -0.403. The van der Waals surface area contributed by atoms with E-state index in [2.05, 4.69) is 40.0 Å². The molecule has 5 N–H and O–H groups in total. The molecule has 3 aromatic carbocycles. The van der Waals surface area contributed by atoms with Gasteiger partial charge in [0.15, 0.2) is 5.96 Å². The highest BCUT2D eigenvalue weighted by Crippen LogP contribution is 2.23. The van der Waals surface area contributed by atoms with E-state index in [0.29, 0.717) is 49.1 Å². The second-order valence-electron chi connectivity index (χ2n) is 10.2. The molecule has 1 fully saturated rings. The molecular weight excluding hydrogens is 524 g/mol. The summed E-state index contributed by atoms with van der Waals surface area (Å²) in [5, 5.41) is 12.3. The standard InChI is InChI=1S/C31H39ClN6O2/c1-3-21(22-7-5-4-6-8-22)20-38-16-14-27(37-28(30(38)40)13-15-35-31(33)34-2)19-36-29(39)25-10-9-24-18-26(32)12-11-23(24)17-25/h4-12,17-18,21,27-28,37H,3,13-16,19-20H2,1-2H3,(H,36,39)(H3,33,34,35)/t21-,27-,28-/m1/s1. The first kappa shape index (κ1) is 29.4. The third kappa shape index (κ3) is 7.73. The van der Waals surface area contributed by atoms with Crippen LogP contribution in [0.5, 0.6) is 0 Å². The topological polar surface area (TPSA) is 112 Å². The van der Waals surface area contributed by atoms with Gasteiger partial charge in [0.1, 0.15) is 0 Å². The van der Waals surface area contributed by atoms with Crippen molar-refractivity contribution in [3.05, 3.63) is 82.9 Å². The van der Waals surface area contributed by atoms with Crippen molar-refractivity contribution < 1.29 is 9.59 Å². The Morgan fingerprint density at radius 2 is 1.88 bits per heavy atom. The van der Waals surface area contributed by atoms with Crippen molar-refractivity contribution in [3.8, 4) is 0 Å². The van der Waals surface area contributed by atoms with E-state index < -0.39 is 6.04 Å². The van der Waals surface area contributed by atoms with Gasteiger partial charge in [-0.15, -0.1) is 0 Å². The van der Waals surface area contributed by atoms with E-state index in [1.165, 1.54) is 5.56 Å². The van der Waals surface area contributed by atoms with Crippen LogP contribution in [-0.2, 0) is 4.79 Å².